The van der Waals surface area contributed by atoms with E-state index in [-0.39, 0.29) is 30.0 Å². The standard InChI is InChI=1S/C25H37N3O4S/c1-15(2)28(17-10-9-11-27(14-17)23(31)32-24(4,5)6)21(29)18-13-19-20(12-16(18)3)33-25(7,8)22(30)26-19/h12-13,15,17H,9-11,14H2,1-8H3,(H,26,30)/t17-/m1/s1. The lowest BCUT2D eigenvalue weighted by Gasteiger charge is -2.42. The van der Waals surface area contributed by atoms with Crippen molar-refractivity contribution in [3.8, 4) is 0 Å². The van der Waals surface area contributed by atoms with E-state index in [4.69, 9.17) is 4.74 Å². The van der Waals surface area contributed by atoms with Gasteiger partial charge in [-0.05, 0) is 85.9 Å². The first kappa shape index (κ1) is 25.4. The molecule has 0 unspecified atom stereocenters. The molecular formula is C25H37N3O4S. The zero-order valence-corrected chi connectivity index (χ0v) is 21.9. The molecule has 33 heavy (non-hydrogen) atoms. The number of anilines is 1. The Morgan fingerprint density at radius 3 is 2.55 bits per heavy atom. The van der Waals surface area contributed by atoms with Crippen molar-refractivity contribution < 1.29 is 19.1 Å². The van der Waals surface area contributed by atoms with Crippen LogP contribution in [0.2, 0.25) is 0 Å². The Bertz CT molecular complexity index is 952. The van der Waals surface area contributed by atoms with Gasteiger partial charge >= 0.3 is 6.09 Å². The quantitative estimate of drug-likeness (QED) is 0.660. The highest BCUT2D eigenvalue weighted by atomic mass is 32.2. The van der Waals surface area contributed by atoms with E-state index < -0.39 is 10.3 Å². The summed E-state index contributed by atoms with van der Waals surface area (Å²) in [5.41, 5.74) is 1.58. The van der Waals surface area contributed by atoms with Crippen LogP contribution in [0.4, 0.5) is 10.5 Å². The number of likely N-dealkylation sites (tertiary alicyclic amines) is 1. The highest BCUT2D eigenvalue weighted by Gasteiger charge is 2.37. The Balaban J connectivity index is 1.86. The van der Waals surface area contributed by atoms with Crippen LogP contribution in [0.5, 0.6) is 0 Å². The van der Waals surface area contributed by atoms with Gasteiger partial charge in [-0.2, -0.15) is 0 Å². The SMILES string of the molecule is Cc1cc2c(cc1C(=O)N(C(C)C)[C@@H]1CCCN(C(=O)OC(C)(C)C)C1)NC(=O)C(C)(C)S2. The third kappa shape index (κ3) is 5.65. The van der Waals surface area contributed by atoms with Gasteiger partial charge < -0.3 is 19.9 Å². The largest absolute Gasteiger partial charge is 0.444 e. The molecule has 1 fully saturated rings. The molecule has 2 heterocycles. The summed E-state index contributed by atoms with van der Waals surface area (Å²) in [6.07, 6.45) is 1.30. The summed E-state index contributed by atoms with van der Waals surface area (Å²) in [5.74, 6) is -0.145. The number of amides is 3. The van der Waals surface area contributed by atoms with Gasteiger partial charge in [-0.15, -0.1) is 11.8 Å². The zero-order valence-electron chi connectivity index (χ0n) is 21.1. The number of ether oxygens (including phenoxy) is 1. The molecule has 182 valence electrons. The van der Waals surface area contributed by atoms with Crippen LogP contribution in [0.1, 0.15) is 77.2 Å². The van der Waals surface area contributed by atoms with Crippen LogP contribution in [0.3, 0.4) is 0 Å². The topological polar surface area (TPSA) is 79.0 Å². The molecule has 1 aromatic rings. The maximum Gasteiger partial charge on any atom is 0.410 e. The second-order valence-corrected chi connectivity index (χ2v) is 12.4. The van der Waals surface area contributed by atoms with Crippen molar-refractivity contribution in [1.29, 1.82) is 0 Å². The minimum Gasteiger partial charge on any atom is -0.444 e. The van der Waals surface area contributed by atoms with Crippen molar-refractivity contribution in [3.63, 3.8) is 0 Å². The Hall–Kier alpha value is -2.22. The molecule has 0 bridgehead atoms. The van der Waals surface area contributed by atoms with Crippen LogP contribution in [0, 0.1) is 6.92 Å². The molecule has 0 radical (unpaired) electrons. The average Bonchev–Trinajstić information content (AvgIpc) is 2.67. The summed E-state index contributed by atoms with van der Waals surface area (Å²) in [4.78, 5) is 43.4. The third-order valence-electron chi connectivity index (χ3n) is 5.95. The van der Waals surface area contributed by atoms with Crippen molar-refractivity contribution in [1.82, 2.24) is 9.80 Å². The minimum atomic E-state index is -0.561. The first-order valence-corrected chi connectivity index (χ1v) is 12.5. The van der Waals surface area contributed by atoms with Crippen molar-refractivity contribution in [2.75, 3.05) is 18.4 Å². The maximum absolute atomic E-state index is 13.8. The van der Waals surface area contributed by atoms with Crippen LogP contribution < -0.4 is 5.32 Å². The van der Waals surface area contributed by atoms with Gasteiger partial charge in [-0.25, -0.2) is 4.79 Å². The molecule has 7 nitrogen and oxygen atoms in total. The molecule has 3 amide bonds. The number of hydrogen-bond donors (Lipinski definition) is 1. The number of piperidine rings is 1. The van der Waals surface area contributed by atoms with Crippen LogP contribution >= 0.6 is 11.8 Å². The number of thioether (sulfide) groups is 1. The molecule has 3 rings (SSSR count). The Labute approximate surface area is 201 Å². The molecule has 1 saturated heterocycles. The fourth-order valence-electron chi connectivity index (χ4n) is 4.32. The molecule has 2 aliphatic heterocycles. The maximum atomic E-state index is 13.8. The molecule has 1 N–H and O–H groups in total. The predicted molar refractivity (Wildman–Crippen MR) is 132 cm³/mol. The number of hydrogen-bond acceptors (Lipinski definition) is 5. The summed E-state index contributed by atoms with van der Waals surface area (Å²) in [6, 6.07) is 3.65. The van der Waals surface area contributed by atoms with Crippen LogP contribution in [-0.2, 0) is 9.53 Å². The van der Waals surface area contributed by atoms with Gasteiger partial charge in [0, 0.05) is 29.6 Å². The highest BCUT2D eigenvalue weighted by Crippen LogP contribution is 2.43. The molecule has 1 atom stereocenters. The lowest BCUT2D eigenvalue weighted by molar-refractivity contribution is -0.117. The highest BCUT2D eigenvalue weighted by molar-refractivity contribution is 8.01. The number of aryl methyl sites for hydroxylation is 1. The molecule has 0 spiro atoms. The van der Waals surface area contributed by atoms with Gasteiger partial charge in [-0.1, -0.05) is 0 Å². The number of nitrogens with one attached hydrogen (secondary N) is 1. The number of benzene rings is 1. The third-order valence-corrected chi connectivity index (χ3v) is 7.20. The summed E-state index contributed by atoms with van der Waals surface area (Å²) < 4.78 is 5.01. The second-order valence-electron chi connectivity index (χ2n) is 10.8. The number of carbonyl (C=O) groups is 3. The number of rotatable bonds is 3. The number of fused-ring (bicyclic) bond motifs is 1. The Kier molecular flexibility index (Phi) is 7.08. The molecule has 2 aliphatic rings. The van der Waals surface area contributed by atoms with Gasteiger partial charge in [0.25, 0.3) is 5.91 Å². The normalized spacial score (nSPS) is 20.2. The summed E-state index contributed by atoms with van der Waals surface area (Å²) in [5, 5.41) is 2.96. The summed E-state index contributed by atoms with van der Waals surface area (Å²) in [7, 11) is 0. The van der Waals surface area contributed by atoms with Crippen molar-refractivity contribution in [3.05, 3.63) is 23.3 Å². The van der Waals surface area contributed by atoms with E-state index in [0.29, 0.717) is 24.3 Å². The lowest BCUT2D eigenvalue weighted by atomic mass is 9.99. The smallest absolute Gasteiger partial charge is 0.410 e. The van der Waals surface area contributed by atoms with E-state index in [2.05, 4.69) is 5.32 Å². The molecule has 1 aromatic carbocycles. The van der Waals surface area contributed by atoms with E-state index in [1.165, 1.54) is 11.8 Å². The zero-order chi connectivity index (χ0) is 24.7. The van der Waals surface area contributed by atoms with Gasteiger partial charge in [0.1, 0.15) is 5.60 Å². The van der Waals surface area contributed by atoms with E-state index in [1.807, 2.05) is 66.4 Å². The summed E-state index contributed by atoms with van der Waals surface area (Å²) >= 11 is 1.51. The number of carbonyl (C=O) groups excluding carboxylic acids is 3. The lowest BCUT2D eigenvalue weighted by Crippen LogP contribution is -2.54. The van der Waals surface area contributed by atoms with Gasteiger partial charge in [0.05, 0.1) is 16.5 Å². The number of nitrogens with zero attached hydrogens (tertiary/aromatic N) is 2. The van der Waals surface area contributed by atoms with E-state index in [9.17, 15) is 14.4 Å². The Morgan fingerprint density at radius 2 is 1.94 bits per heavy atom. The molecule has 0 saturated carbocycles. The fourth-order valence-corrected chi connectivity index (χ4v) is 5.47. The van der Waals surface area contributed by atoms with Crippen molar-refractivity contribution >= 4 is 35.4 Å². The Morgan fingerprint density at radius 1 is 1.27 bits per heavy atom. The first-order valence-electron chi connectivity index (χ1n) is 11.7. The van der Waals surface area contributed by atoms with Crippen molar-refractivity contribution in [2.24, 2.45) is 0 Å². The second kappa shape index (κ2) is 9.20. The minimum absolute atomic E-state index is 0.0422. The molecular weight excluding hydrogens is 438 g/mol. The molecule has 0 aliphatic carbocycles. The van der Waals surface area contributed by atoms with Crippen LogP contribution in [0.15, 0.2) is 17.0 Å². The predicted octanol–water partition coefficient (Wildman–Crippen LogP) is 5.07. The van der Waals surface area contributed by atoms with Crippen LogP contribution in [-0.4, -0.2) is 63.2 Å². The average molecular weight is 476 g/mol. The van der Waals surface area contributed by atoms with E-state index >= 15 is 0 Å². The molecule has 8 heteroatoms. The van der Waals surface area contributed by atoms with Crippen LogP contribution in [0.25, 0.3) is 0 Å². The first-order chi connectivity index (χ1) is 15.2. The van der Waals surface area contributed by atoms with Gasteiger partial charge in [0.15, 0.2) is 0 Å². The van der Waals surface area contributed by atoms with Crippen molar-refractivity contribution in [2.45, 2.75) is 95.6 Å². The molecule has 0 aromatic heterocycles. The van der Waals surface area contributed by atoms with E-state index in [0.717, 1.165) is 23.3 Å². The van der Waals surface area contributed by atoms with Gasteiger partial charge in [-0.3, -0.25) is 9.59 Å². The van der Waals surface area contributed by atoms with E-state index in [1.54, 1.807) is 11.0 Å². The fraction of sp³-hybridized carbons (Fsp3) is 0.640. The monoisotopic (exact) mass is 475 g/mol. The summed E-state index contributed by atoms with van der Waals surface area (Å²) in [6.45, 7) is 16.4. The van der Waals surface area contributed by atoms with Gasteiger partial charge in [0.2, 0.25) is 5.91 Å².